The Morgan fingerprint density at radius 2 is 1.82 bits per heavy atom. The van der Waals surface area contributed by atoms with Gasteiger partial charge in [-0.1, -0.05) is 49.8 Å². The molecule has 0 aromatic heterocycles. The van der Waals surface area contributed by atoms with Gasteiger partial charge in [-0.05, 0) is 42.3 Å². The van der Waals surface area contributed by atoms with Crippen molar-refractivity contribution in [3.63, 3.8) is 0 Å². The van der Waals surface area contributed by atoms with Gasteiger partial charge >= 0.3 is 0 Å². The predicted molar refractivity (Wildman–Crippen MR) is 111 cm³/mol. The molecule has 0 saturated carbocycles. The number of unbranched alkanes of at least 4 members (excludes halogenated alkanes) is 1. The summed E-state index contributed by atoms with van der Waals surface area (Å²) in [7, 11) is 0. The molecule has 0 aliphatic heterocycles. The number of hydrogen-bond acceptors (Lipinski definition) is 4. The predicted octanol–water partition coefficient (Wildman–Crippen LogP) is 3.41. The van der Waals surface area contributed by atoms with Crippen LogP contribution < -0.4 is 15.5 Å². The summed E-state index contributed by atoms with van der Waals surface area (Å²) >= 11 is 0. The summed E-state index contributed by atoms with van der Waals surface area (Å²) in [5, 5.41) is 6.36. The Labute approximate surface area is 165 Å². The summed E-state index contributed by atoms with van der Waals surface area (Å²) in [5.74, 6) is -0.0129. The zero-order chi connectivity index (χ0) is 20.0. The minimum Gasteiger partial charge on any atom is -0.494 e. The number of benzene rings is 2. The molecule has 28 heavy (non-hydrogen) atoms. The minimum absolute atomic E-state index is 0.159. The van der Waals surface area contributed by atoms with Gasteiger partial charge in [0.1, 0.15) is 5.75 Å². The first-order chi connectivity index (χ1) is 13.7. The van der Waals surface area contributed by atoms with Crippen molar-refractivity contribution in [2.45, 2.75) is 19.8 Å². The number of nitrogens with zero attached hydrogens (tertiary/aromatic N) is 1. The summed E-state index contributed by atoms with van der Waals surface area (Å²) in [4.78, 5) is 23.8. The van der Waals surface area contributed by atoms with Crippen LogP contribution in [0.25, 0.3) is 6.08 Å². The molecule has 2 aromatic carbocycles. The van der Waals surface area contributed by atoms with E-state index in [4.69, 9.17) is 4.74 Å². The van der Waals surface area contributed by atoms with Crippen molar-refractivity contribution in [2.24, 2.45) is 5.10 Å². The molecule has 0 saturated heterocycles. The maximum atomic E-state index is 12.1. The van der Waals surface area contributed by atoms with E-state index in [0.29, 0.717) is 12.2 Å². The maximum absolute atomic E-state index is 12.1. The van der Waals surface area contributed by atoms with Gasteiger partial charge in [0.05, 0.1) is 13.2 Å². The van der Waals surface area contributed by atoms with Gasteiger partial charge in [-0.25, -0.2) is 5.43 Å². The van der Waals surface area contributed by atoms with E-state index in [-0.39, 0.29) is 12.5 Å². The zero-order valence-electron chi connectivity index (χ0n) is 15.9. The lowest BCUT2D eigenvalue weighted by Gasteiger charge is -2.07. The van der Waals surface area contributed by atoms with E-state index in [0.717, 1.165) is 24.2 Å². The molecule has 6 nitrogen and oxygen atoms in total. The molecule has 0 heterocycles. The summed E-state index contributed by atoms with van der Waals surface area (Å²) in [6.07, 6.45) is 7.12. The lowest BCUT2D eigenvalue weighted by molar-refractivity contribution is -0.120. The van der Waals surface area contributed by atoms with Gasteiger partial charge in [-0.15, -0.1) is 0 Å². The second-order valence-corrected chi connectivity index (χ2v) is 5.99. The van der Waals surface area contributed by atoms with E-state index in [1.165, 1.54) is 6.21 Å². The van der Waals surface area contributed by atoms with Gasteiger partial charge in [0.2, 0.25) is 0 Å². The van der Waals surface area contributed by atoms with Crippen LogP contribution in [-0.4, -0.2) is 31.2 Å². The molecule has 0 spiro atoms. The van der Waals surface area contributed by atoms with Crippen molar-refractivity contribution in [3.8, 4) is 5.75 Å². The molecular weight excluding hydrogens is 354 g/mol. The molecule has 146 valence electrons. The highest BCUT2D eigenvalue weighted by Gasteiger charge is 2.07. The number of amides is 2. The standard InChI is InChI=1S/C22H25N3O3/c1-2-3-16-28-20-13-11-19(12-14-20)22(27)23-17-21(26)25-24-15-7-10-18-8-5-4-6-9-18/h4-15H,2-3,16-17H2,1H3,(H,23,27)(H,25,26)/b10-7+,24-15+. The van der Waals surface area contributed by atoms with Crippen molar-refractivity contribution in [3.05, 3.63) is 71.8 Å². The highest BCUT2D eigenvalue weighted by Crippen LogP contribution is 2.12. The van der Waals surface area contributed by atoms with Crippen LogP contribution in [0, 0.1) is 0 Å². The first-order valence-electron chi connectivity index (χ1n) is 9.23. The average molecular weight is 379 g/mol. The molecule has 2 N–H and O–H groups in total. The fraction of sp³-hybridized carbons (Fsp3) is 0.227. The number of carbonyl (C=O) groups is 2. The minimum atomic E-state index is -0.405. The fourth-order valence-corrected chi connectivity index (χ4v) is 2.21. The smallest absolute Gasteiger partial charge is 0.259 e. The summed E-state index contributed by atoms with van der Waals surface area (Å²) in [5.41, 5.74) is 3.86. The van der Waals surface area contributed by atoms with Gasteiger partial charge in [0.25, 0.3) is 11.8 Å². The molecule has 0 bridgehead atoms. The van der Waals surface area contributed by atoms with E-state index in [1.54, 1.807) is 30.3 Å². The third-order valence-electron chi connectivity index (χ3n) is 3.73. The Bertz CT molecular complexity index is 800. The van der Waals surface area contributed by atoms with Crippen LogP contribution in [-0.2, 0) is 4.79 Å². The zero-order valence-corrected chi connectivity index (χ0v) is 15.9. The van der Waals surface area contributed by atoms with Gasteiger partial charge < -0.3 is 10.1 Å². The molecule has 6 heteroatoms. The maximum Gasteiger partial charge on any atom is 0.259 e. The first-order valence-corrected chi connectivity index (χ1v) is 9.23. The molecule has 0 atom stereocenters. The van der Waals surface area contributed by atoms with Crippen molar-refractivity contribution >= 4 is 24.1 Å². The van der Waals surface area contributed by atoms with E-state index in [1.807, 2.05) is 36.4 Å². The van der Waals surface area contributed by atoms with Gasteiger partial charge in [-0.2, -0.15) is 5.10 Å². The second-order valence-electron chi connectivity index (χ2n) is 5.99. The van der Waals surface area contributed by atoms with Crippen molar-refractivity contribution in [1.29, 1.82) is 0 Å². The lowest BCUT2D eigenvalue weighted by atomic mass is 10.2. The second kappa shape index (κ2) is 12.1. The molecular formula is C22H25N3O3. The van der Waals surface area contributed by atoms with E-state index in [2.05, 4.69) is 22.8 Å². The number of nitrogens with one attached hydrogen (secondary N) is 2. The Morgan fingerprint density at radius 3 is 2.54 bits per heavy atom. The molecule has 0 fully saturated rings. The number of rotatable bonds is 10. The molecule has 0 aliphatic rings. The number of ether oxygens (including phenoxy) is 1. The Balaban J connectivity index is 1.69. The van der Waals surface area contributed by atoms with Gasteiger partial charge in [0.15, 0.2) is 0 Å². The quantitative estimate of drug-likeness (QED) is 0.377. The topological polar surface area (TPSA) is 79.8 Å². The van der Waals surface area contributed by atoms with Crippen molar-refractivity contribution in [2.75, 3.05) is 13.2 Å². The summed E-state index contributed by atoms with van der Waals surface area (Å²) < 4.78 is 5.55. The SMILES string of the molecule is CCCCOc1ccc(C(=O)NCC(=O)N/N=C/C=C/c2ccccc2)cc1. The number of allylic oxidation sites excluding steroid dienone is 1. The van der Waals surface area contributed by atoms with E-state index < -0.39 is 5.91 Å². The molecule has 0 unspecified atom stereocenters. The average Bonchev–Trinajstić information content (AvgIpc) is 2.73. The normalized spacial score (nSPS) is 10.9. The largest absolute Gasteiger partial charge is 0.494 e. The van der Waals surface area contributed by atoms with Crippen LogP contribution in [0.3, 0.4) is 0 Å². The Morgan fingerprint density at radius 1 is 1.07 bits per heavy atom. The van der Waals surface area contributed by atoms with Crippen LogP contribution in [0.1, 0.15) is 35.7 Å². The highest BCUT2D eigenvalue weighted by molar-refractivity contribution is 5.96. The molecule has 2 amide bonds. The van der Waals surface area contributed by atoms with Gasteiger partial charge in [0, 0.05) is 11.8 Å². The molecule has 0 aliphatic carbocycles. The number of hydrazone groups is 1. The molecule has 0 radical (unpaired) electrons. The van der Waals surface area contributed by atoms with E-state index >= 15 is 0 Å². The van der Waals surface area contributed by atoms with Crippen molar-refractivity contribution in [1.82, 2.24) is 10.7 Å². The Kier molecular flexibility index (Phi) is 9.00. The van der Waals surface area contributed by atoms with Gasteiger partial charge in [-0.3, -0.25) is 9.59 Å². The highest BCUT2D eigenvalue weighted by atomic mass is 16.5. The Hall–Kier alpha value is -3.41. The molecule has 2 rings (SSSR count). The summed E-state index contributed by atoms with van der Waals surface area (Å²) in [6, 6.07) is 16.6. The molecule has 2 aromatic rings. The monoisotopic (exact) mass is 379 g/mol. The third kappa shape index (κ3) is 7.86. The lowest BCUT2D eigenvalue weighted by Crippen LogP contribution is -2.34. The van der Waals surface area contributed by atoms with Crippen molar-refractivity contribution < 1.29 is 14.3 Å². The van der Waals surface area contributed by atoms with Crippen LogP contribution in [0.15, 0.2) is 65.8 Å². The number of hydrogen-bond donors (Lipinski definition) is 2. The van der Waals surface area contributed by atoms with Crippen LogP contribution in [0.2, 0.25) is 0 Å². The van der Waals surface area contributed by atoms with Crippen LogP contribution in [0.4, 0.5) is 0 Å². The summed E-state index contributed by atoms with van der Waals surface area (Å²) in [6.45, 7) is 2.59. The first kappa shape index (κ1) is 20.9. The van der Waals surface area contributed by atoms with Crippen LogP contribution >= 0.6 is 0 Å². The van der Waals surface area contributed by atoms with Crippen LogP contribution in [0.5, 0.6) is 5.75 Å². The van der Waals surface area contributed by atoms with E-state index in [9.17, 15) is 9.59 Å². The third-order valence-corrected chi connectivity index (χ3v) is 3.73. The fourth-order valence-electron chi connectivity index (χ4n) is 2.21. The number of carbonyl (C=O) groups excluding carboxylic acids is 2.